The molecule has 0 aliphatic rings. The second kappa shape index (κ2) is 2.45. The Balaban J connectivity index is 3.74. The van der Waals surface area contributed by atoms with Crippen LogP contribution in [0.15, 0.2) is 12.7 Å². The molecule has 0 aromatic rings. The van der Waals surface area contributed by atoms with Gasteiger partial charge in [-0.05, 0) is 0 Å². The largest absolute Gasteiger partial charge is 0.466 e. The SMILES string of the molecule is [2H]C([2H])([2H])OC(=O)C=C. The summed E-state index contributed by atoms with van der Waals surface area (Å²) in [6, 6.07) is 0. The Morgan fingerprint density at radius 2 is 3.00 bits per heavy atom. The fraction of sp³-hybridized carbons (Fsp3) is 0.250. The summed E-state index contributed by atoms with van der Waals surface area (Å²) in [5, 5.41) is 0. The smallest absolute Gasteiger partial charge is 0.329 e. The summed E-state index contributed by atoms with van der Waals surface area (Å²) in [4.78, 5) is 10.1. The van der Waals surface area contributed by atoms with Crippen molar-refractivity contribution < 1.29 is 13.6 Å². The van der Waals surface area contributed by atoms with Gasteiger partial charge in [-0.1, -0.05) is 6.58 Å². The summed E-state index contributed by atoms with van der Waals surface area (Å²) in [5.74, 6) is -0.935. The first-order valence-corrected chi connectivity index (χ1v) is 1.31. The van der Waals surface area contributed by atoms with Crippen LogP contribution < -0.4 is 0 Å². The Morgan fingerprint density at radius 1 is 2.33 bits per heavy atom. The summed E-state index contributed by atoms with van der Waals surface area (Å²) in [6.45, 7) is 3.02. The van der Waals surface area contributed by atoms with E-state index in [1.165, 1.54) is 0 Å². The molecular formula is C4H6O2. The van der Waals surface area contributed by atoms with E-state index in [0.717, 1.165) is 6.08 Å². The molecule has 0 saturated carbocycles. The number of carbonyl (C=O) groups is 1. The Morgan fingerprint density at radius 3 is 3.17 bits per heavy atom. The van der Waals surface area contributed by atoms with Crippen molar-refractivity contribution >= 4 is 5.97 Å². The molecule has 0 N–H and O–H groups in total. The predicted molar refractivity (Wildman–Crippen MR) is 22.2 cm³/mol. The highest BCUT2D eigenvalue weighted by molar-refractivity contribution is 5.80. The van der Waals surface area contributed by atoms with Gasteiger partial charge >= 0.3 is 5.97 Å². The quantitative estimate of drug-likeness (QED) is 0.342. The highest BCUT2D eigenvalue weighted by Gasteiger charge is 1.81. The Labute approximate surface area is 40.6 Å². The fourth-order valence-electron chi connectivity index (χ4n) is 0.0417. The third-order valence-electron chi connectivity index (χ3n) is 0.267. The van der Waals surface area contributed by atoms with Crippen molar-refractivity contribution in [2.75, 3.05) is 7.04 Å². The van der Waals surface area contributed by atoms with E-state index >= 15 is 0 Å². The average Bonchev–Trinajstić information content (AvgIpc) is 1.62. The molecule has 0 aromatic heterocycles. The molecule has 0 aliphatic carbocycles. The van der Waals surface area contributed by atoms with E-state index in [0.29, 0.717) is 0 Å². The lowest BCUT2D eigenvalue weighted by molar-refractivity contribution is -0.134. The molecule has 0 radical (unpaired) electrons. The van der Waals surface area contributed by atoms with Crippen LogP contribution in [0.2, 0.25) is 0 Å². The van der Waals surface area contributed by atoms with Crippen molar-refractivity contribution in [1.29, 1.82) is 0 Å². The van der Waals surface area contributed by atoms with Crippen molar-refractivity contribution in [3.8, 4) is 0 Å². The molecule has 0 aromatic carbocycles. The van der Waals surface area contributed by atoms with E-state index < -0.39 is 13.0 Å². The molecule has 6 heavy (non-hydrogen) atoms. The average molecular weight is 89.1 g/mol. The minimum Gasteiger partial charge on any atom is -0.466 e. The molecule has 34 valence electrons. The number of methoxy groups -OCH3 is 1. The van der Waals surface area contributed by atoms with Gasteiger partial charge in [-0.2, -0.15) is 0 Å². The molecule has 2 nitrogen and oxygen atoms in total. The third-order valence-corrected chi connectivity index (χ3v) is 0.267. The van der Waals surface area contributed by atoms with E-state index in [9.17, 15) is 4.79 Å². The number of hydrogen-bond acceptors (Lipinski definition) is 2. The molecule has 0 aliphatic heterocycles. The standard InChI is InChI=1S/C4H6O2/c1-3-4(5)6-2/h3H,1H2,2H3/i2D3. The summed E-state index contributed by atoms with van der Waals surface area (Å²) in [6.07, 6.45) is 0.798. The normalized spacial score (nSPS) is 16.3. The molecule has 0 heterocycles. The third kappa shape index (κ3) is 1.52. The Kier molecular flexibility index (Phi) is 0.725. The van der Waals surface area contributed by atoms with Gasteiger partial charge in [0.2, 0.25) is 0 Å². The van der Waals surface area contributed by atoms with Crippen LogP contribution in [0.5, 0.6) is 0 Å². The van der Waals surface area contributed by atoms with Crippen LogP contribution in [0.1, 0.15) is 4.11 Å². The zero-order valence-electron chi connectivity index (χ0n) is 6.10. The minimum absolute atomic E-state index is 0.798. The summed E-state index contributed by atoms with van der Waals surface area (Å²) in [5.41, 5.74) is 0. The first-order valence-electron chi connectivity index (χ1n) is 2.81. The topological polar surface area (TPSA) is 26.3 Å². The lowest BCUT2D eigenvalue weighted by Gasteiger charge is -1.83. The maximum Gasteiger partial charge on any atom is 0.329 e. The summed E-state index contributed by atoms with van der Waals surface area (Å²) in [7, 11) is -2.65. The van der Waals surface area contributed by atoms with Crippen LogP contribution in [-0.2, 0) is 9.53 Å². The lowest BCUT2D eigenvalue weighted by Crippen LogP contribution is -1.91. The molecule has 0 rings (SSSR count). The lowest BCUT2D eigenvalue weighted by atomic mass is 10.7. The maximum absolute atomic E-state index is 10.1. The van der Waals surface area contributed by atoms with Crippen molar-refractivity contribution in [1.82, 2.24) is 0 Å². The van der Waals surface area contributed by atoms with Crippen molar-refractivity contribution in [3.05, 3.63) is 12.7 Å². The second-order valence-electron chi connectivity index (χ2n) is 0.625. The van der Waals surface area contributed by atoms with Crippen molar-refractivity contribution in [2.24, 2.45) is 0 Å². The minimum atomic E-state index is -2.65. The first-order chi connectivity index (χ1) is 3.95. The molecule has 0 spiro atoms. The van der Waals surface area contributed by atoms with Gasteiger partial charge in [0, 0.05) is 6.08 Å². The zero-order valence-corrected chi connectivity index (χ0v) is 3.10. The maximum atomic E-state index is 10.1. The van der Waals surface area contributed by atoms with Crippen LogP contribution >= 0.6 is 0 Å². The Bertz CT molecular complexity index is 126. The van der Waals surface area contributed by atoms with Gasteiger partial charge in [0.1, 0.15) is 0 Å². The predicted octanol–water partition coefficient (Wildman–Crippen LogP) is 0.345. The van der Waals surface area contributed by atoms with Crippen molar-refractivity contribution in [2.45, 2.75) is 0 Å². The number of hydrogen-bond donors (Lipinski definition) is 0. The molecule has 0 amide bonds. The van der Waals surface area contributed by atoms with Gasteiger partial charge in [-0.3, -0.25) is 0 Å². The number of esters is 1. The van der Waals surface area contributed by atoms with Crippen LogP contribution in [0.4, 0.5) is 0 Å². The zero-order chi connectivity index (χ0) is 7.49. The van der Waals surface area contributed by atoms with Crippen LogP contribution in [0.25, 0.3) is 0 Å². The first kappa shape index (κ1) is 1.78. The molecule has 2 heteroatoms. The van der Waals surface area contributed by atoms with Gasteiger partial charge in [-0.15, -0.1) is 0 Å². The molecule has 0 bridgehead atoms. The molecule has 0 saturated heterocycles. The molecule has 0 unspecified atom stereocenters. The molecule has 0 fully saturated rings. The summed E-state index contributed by atoms with van der Waals surface area (Å²) >= 11 is 0. The van der Waals surface area contributed by atoms with Gasteiger partial charge in [0.05, 0.1) is 11.2 Å². The van der Waals surface area contributed by atoms with E-state index in [-0.39, 0.29) is 0 Å². The highest BCUT2D eigenvalue weighted by Crippen LogP contribution is 1.67. The molecule has 0 atom stereocenters. The fourth-order valence-corrected chi connectivity index (χ4v) is 0.0417. The monoisotopic (exact) mass is 89.1 g/mol. The molecular weight excluding hydrogens is 80.0 g/mol. The number of ether oxygens (including phenoxy) is 1. The van der Waals surface area contributed by atoms with Gasteiger partial charge in [0.25, 0.3) is 0 Å². The van der Waals surface area contributed by atoms with Crippen molar-refractivity contribution in [3.63, 3.8) is 0 Å². The number of rotatable bonds is 1. The van der Waals surface area contributed by atoms with Gasteiger partial charge in [0.15, 0.2) is 0 Å². The Hall–Kier alpha value is -0.790. The van der Waals surface area contributed by atoms with E-state index in [2.05, 4.69) is 11.3 Å². The van der Waals surface area contributed by atoms with E-state index in [1.807, 2.05) is 0 Å². The second-order valence-corrected chi connectivity index (χ2v) is 0.625. The number of carbonyl (C=O) groups excluding carboxylic acids is 1. The van der Waals surface area contributed by atoms with Crippen LogP contribution in [-0.4, -0.2) is 13.0 Å². The van der Waals surface area contributed by atoms with Gasteiger partial charge in [-0.25, -0.2) is 4.79 Å². The van der Waals surface area contributed by atoms with Crippen LogP contribution in [0.3, 0.4) is 0 Å². The van der Waals surface area contributed by atoms with Gasteiger partial charge < -0.3 is 4.74 Å². The van der Waals surface area contributed by atoms with E-state index in [4.69, 9.17) is 4.11 Å². The van der Waals surface area contributed by atoms with E-state index in [1.54, 1.807) is 0 Å². The highest BCUT2D eigenvalue weighted by atomic mass is 16.5. The summed E-state index contributed by atoms with van der Waals surface area (Å²) < 4.78 is 23.1. The van der Waals surface area contributed by atoms with Crippen LogP contribution in [0, 0.1) is 0 Å².